The van der Waals surface area contributed by atoms with E-state index in [0.29, 0.717) is 6.42 Å². The molecule has 102 valence electrons. The first-order valence-electron chi connectivity index (χ1n) is 5.93. The van der Waals surface area contributed by atoms with Crippen molar-refractivity contribution >= 4 is 5.95 Å². The molecule has 3 heterocycles. The van der Waals surface area contributed by atoms with Crippen LogP contribution in [0.2, 0.25) is 0 Å². The summed E-state index contributed by atoms with van der Waals surface area (Å²) in [6.07, 6.45) is 3.52. The Kier molecular flexibility index (Phi) is 2.86. The third-order valence-corrected chi connectivity index (χ3v) is 3.20. The zero-order valence-corrected chi connectivity index (χ0v) is 10.6. The summed E-state index contributed by atoms with van der Waals surface area (Å²) in [5, 5.41) is 26.1. The first kappa shape index (κ1) is 12.2. The molecule has 1 aliphatic heterocycles. The lowest BCUT2D eigenvalue weighted by Gasteiger charge is -2.24. The summed E-state index contributed by atoms with van der Waals surface area (Å²) in [5.74, 6) is 0.277. The minimum absolute atomic E-state index is 0.0198. The molecular weight excluding hydrogens is 262 g/mol. The van der Waals surface area contributed by atoms with Gasteiger partial charge in [-0.3, -0.25) is 19.9 Å². The third-order valence-electron chi connectivity index (χ3n) is 3.20. The summed E-state index contributed by atoms with van der Waals surface area (Å²) in [5.41, 5.74) is 0.919. The van der Waals surface area contributed by atoms with Crippen LogP contribution in [-0.4, -0.2) is 25.1 Å². The van der Waals surface area contributed by atoms with Gasteiger partial charge in [-0.05, 0) is 0 Å². The van der Waals surface area contributed by atoms with Crippen molar-refractivity contribution in [1.82, 2.24) is 20.2 Å². The van der Waals surface area contributed by atoms with Gasteiger partial charge < -0.3 is 5.32 Å². The Morgan fingerprint density at radius 2 is 2.40 bits per heavy atom. The topological polar surface area (TPSA) is 105 Å². The molecule has 0 fully saturated rings. The fraction of sp³-hybridized carbons (Fsp3) is 0.273. The molecule has 9 nitrogen and oxygen atoms in total. The molecular formula is C11H11N7O2. The van der Waals surface area contributed by atoms with E-state index in [2.05, 4.69) is 20.8 Å². The summed E-state index contributed by atoms with van der Waals surface area (Å²) >= 11 is 0. The van der Waals surface area contributed by atoms with Gasteiger partial charge in [0.05, 0.1) is 17.3 Å². The highest BCUT2D eigenvalue weighted by atomic mass is 16.6. The summed E-state index contributed by atoms with van der Waals surface area (Å²) in [4.78, 5) is 10.7. The zero-order valence-electron chi connectivity index (χ0n) is 10.6. The smallest absolute Gasteiger partial charge is 0.260 e. The second kappa shape index (κ2) is 4.68. The molecule has 0 bridgehead atoms. The molecule has 0 amide bonds. The van der Waals surface area contributed by atoms with Crippen molar-refractivity contribution in [1.29, 1.82) is 0 Å². The van der Waals surface area contributed by atoms with Crippen LogP contribution in [0, 0.1) is 10.1 Å². The Morgan fingerprint density at radius 1 is 1.55 bits per heavy atom. The van der Waals surface area contributed by atoms with E-state index < -0.39 is 11.0 Å². The summed E-state index contributed by atoms with van der Waals surface area (Å²) in [6.45, 7) is 0. The monoisotopic (exact) mass is 273 g/mol. The molecule has 1 atom stereocenters. The molecule has 1 unspecified atom stereocenters. The van der Waals surface area contributed by atoms with Crippen molar-refractivity contribution in [2.24, 2.45) is 7.05 Å². The van der Waals surface area contributed by atoms with E-state index >= 15 is 0 Å². The van der Waals surface area contributed by atoms with Crippen LogP contribution >= 0.6 is 0 Å². The molecule has 0 spiro atoms. The van der Waals surface area contributed by atoms with Crippen molar-refractivity contribution in [2.75, 3.05) is 0 Å². The molecule has 0 radical (unpaired) electrons. The van der Waals surface area contributed by atoms with Gasteiger partial charge in [-0.2, -0.15) is 0 Å². The highest BCUT2D eigenvalue weighted by Crippen LogP contribution is 2.32. The van der Waals surface area contributed by atoms with Crippen molar-refractivity contribution in [3.05, 3.63) is 57.4 Å². The molecule has 2 aromatic heterocycles. The molecule has 0 N–H and O–H groups in total. The van der Waals surface area contributed by atoms with Crippen LogP contribution in [0.1, 0.15) is 11.7 Å². The lowest BCUT2D eigenvalue weighted by molar-refractivity contribution is -0.679. The molecule has 0 aromatic carbocycles. The van der Waals surface area contributed by atoms with Crippen LogP contribution < -0.4 is 4.57 Å². The van der Waals surface area contributed by atoms with E-state index in [9.17, 15) is 10.1 Å². The molecule has 1 aliphatic rings. The minimum Gasteiger partial charge on any atom is -0.358 e. The number of allylic oxidation sites excluding steroid dienone is 1. The number of hydrogen-bond donors (Lipinski definition) is 0. The van der Waals surface area contributed by atoms with E-state index in [1.807, 2.05) is 36.0 Å². The number of hydrogen-bond acceptors (Lipinski definition) is 5. The minimum atomic E-state index is -0.568. The second-order valence-electron chi connectivity index (χ2n) is 4.39. The van der Waals surface area contributed by atoms with Crippen LogP contribution in [0.15, 0.2) is 36.3 Å². The number of rotatable bonds is 3. The van der Waals surface area contributed by atoms with Crippen LogP contribution in [0.4, 0.5) is 5.95 Å². The zero-order chi connectivity index (χ0) is 14.1. The Bertz CT molecular complexity index is 694. The summed E-state index contributed by atoms with van der Waals surface area (Å²) in [6, 6.07) is 5.12. The Morgan fingerprint density at radius 3 is 3.15 bits per heavy atom. The third kappa shape index (κ3) is 1.98. The van der Waals surface area contributed by atoms with Gasteiger partial charge in [0.1, 0.15) is 13.1 Å². The number of nitrogens with zero attached hydrogens (tertiary/aromatic N) is 7. The first-order valence-corrected chi connectivity index (χ1v) is 5.93. The molecule has 0 saturated carbocycles. The van der Waals surface area contributed by atoms with Crippen molar-refractivity contribution in [2.45, 2.75) is 12.5 Å². The summed E-state index contributed by atoms with van der Waals surface area (Å²) < 4.78 is 3.29. The Labute approximate surface area is 113 Å². The predicted octanol–water partition coefficient (Wildman–Crippen LogP) is 0.418. The quantitative estimate of drug-likeness (QED) is 0.458. The van der Waals surface area contributed by atoms with Crippen LogP contribution in [0.3, 0.4) is 0 Å². The number of aryl methyl sites for hydroxylation is 1. The number of aromatic nitrogens is 5. The Hall–Kier alpha value is -2.84. The average Bonchev–Trinajstić information content (AvgIpc) is 2.90. The lowest BCUT2D eigenvalue weighted by atomic mass is 10.1. The van der Waals surface area contributed by atoms with Crippen LogP contribution in [-0.2, 0) is 13.5 Å². The molecule has 2 aromatic rings. The first-order chi connectivity index (χ1) is 9.66. The van der Waals surface area contributed by atoms with Gasteiger partial charge in [-0.25, -0.2) is 4.57 Å². The highest BCUT2D eigenvalue weighted by Gasteiger charge is 2.30. The predicted molar refractivity (Wildman–Crippen MR) is 66.3 cm³/mol. The van der Waals surface area contributed by atoms with Crippen LogP contribution in [0.25, 0.3) is 5.32 Å². The molecule has 0 aliphatic carbocycles. The molecule has 9 heteroatoms. The number of nitro groups is 1. The number of tetrazole rings is 1. The number of fused-ring (bicyclic) bond motifs is 1. The highest BCUT2D eigenvalue weighted by molar-refractivity contribution is 5.41. The van der Waals surface area contributed by atoms with E-state index in [-0.39, 0.29) is 11.6 Å². The van der Waals surface area contributed by atoms with Gasteiger partial charge in [-0.15, -0.1) is 10.4 Å². The lowest BCUT2D eigenvalue weighted by Crippen LogP contribution is -2.35. The summed E-state index contributed by atoms with van der Waals surface area (Å²) in [7, 11) is 1.89. The van der Waals surface area contributed by atoms with Crippen molar-refractivity contribution in [3.63, 3.8) is 0 Å². The van der Waals surface area contributed by atoms with E-state index in [1.165, 1.54) is 10.9 Å². The van der Waals surface area contributed by atoms with Crippen LogP contribution in [0.5, 0.6) is 0 Å². The molecule has 3 rings (SSSR count). The van der Waals surface area contributed by atoms with E-state index in [0.717, 1.165) is 5.69 Å². The largest absolute Gasteiger partial charge is 0.358 e. The maximum Gasteiger partial charge on any atom is 0.260 e. The van der Waals surface area contributed by atoms with E-state index in [1.54, 1.807) is 0 Å². The Balaban J connectivity index is 2.00. The van der Waals surface area contributed by atoms with Crippen molar-refractivity contribution in [3.8, 4) is 0 Å². The second-order valence-corrected chi connectivity index (χ2v) is 4.39. The fourth-order valence-corrected chi connectivity index (χ4v) is 2.14. The standard InChI is InChI=1S/C11H11N7O2/c1-16-5-3-2-4-8(16)6-9-10(18(19)20)7-12-11-13-14-15-17(9)11/h2-5,7,9H,6H2,1H3. The normalized spacial score (nSPS) is 17.1. The fourth-order valence-electron chi connectivity index (χ4n) is 2.14. The molecule has 0 saturated heterocycles. The van der Waals surface area contributed by atoms with Crippen molar-refractivity contribution < 1.29 is 9.49 Å². The van der Waals surface area contributed by atoms with Gasteiger partial charge in [-0.1, -0.05) is 6.07 Å². The van der Waals surface area contributed by atoms with Gasteiger partial charge in [0.25, 0.3) is 5.70 Å². The molecule has 20 heavy (non-hydrogen) atoms. The van der Waals surface area contributed by atoms with Gasteiger partial charge in [0.15, 0.2) is 11.9 Å². The maximum atomic E-state index is 11.2. The maximum absolute atomic E-state index is 11.2. The van der Waals surface area contributed by atoms with Gasteiger partial charge >= 0.3 is 0 Å². The number of pyridine rings is 1. The SMILES string of the molecule is C[n+]1ccccc1CC1C([N+](=O)[O-])=C[N-]c2nnnn21. The average molecular weight is 273 g/mol. The van der Waals surface area contributed by atoms with E-state index in [4.69, 9.17) is 0 Å². The van der Waals surface area contributed by atoms with Gasteiger partial charge in [0, 0.05) is 18.3 Å². The van der Waals surface area contributed by atoms with Gasteiger partial charge in [0.2, 0.25) is 0 Å².